The van der Waals surface area contributed by atoms with Gasteiger partial charge in [0.15, 0.2) is 0 Å². The molecule has 0 spiro atoms. The summed E-state index contributed by atoms with van der Waals surface area (Å²) in [5.41, 5.74) is 0.667. The summed E-state index contributed by atoms with van der Waals surface area (Å²) in [5.74, 6) is -0.0712. The summed E-state index contributed by atoms with van der Waals surface area (Å²) >= 11 is 0. The SMILES string of the molecule is CC(C)C[C@H](C(=O)Nc1ccccc1)N(C)C(=O)O. The molecule has 0 saturated heterocycles. The molecule has 5 heteroatoms. The van der Waals surface area contributed by atoms with Crippen molar-refractivity contribution in [2.45, 2.75) is 26.3 Å². The van der Waals surface area contributed by atoms with Crippen LogP contribution in [0.25, 0.3) is 0 Å². The van der Waals surface area contributed by atoms with E-state index < -0.39 is 12.1 Å². The van der Waals surface area contributed by atoms with E-state index >= 15 is 0 Å². The van der Waals surface area contributed by atoms with Gasteiger partial charge < -0.3 is 10.4 Å². The summed E-state index contributed by atoms with van der Waals surface area (Å²) < 4.78 is 0. The zero-order valence-corrected chi connectivity index (χ0v) is 11.5. The second-order valence-electron chi connectivity index (χ2n) is 4.89. The van der Waals surface area contributed by atoms with Crippen LogP contribution < -0.4 is 5.32 Å². The molecular formula is C14H20N2O3. The first-order valence-corrected chi connectivity index (χ1v) is 6.23. The van der Waals surface area contributed by atoms with Gasteiger partial charge >= 0.3 is 6.09 Å². The molecule has 2 amide bonds. The van der Waals surface area contributed by atoms with Gasteiger partial charge in [0, 0.05) is 12.7 Å². The maximum Gasteiger partial charge on any atom is 0.407 e. The molecule has 0 heterocycles. The van der Waals surface area contributed by atoms with Gasteiger partial charge in [0.2, 0.25) is 5.91 Å². The zero-order chi connectivity index (χ0) is 14.4. The molecule has 1 aromatic carbocycles. The van der Waals surface area contributed by atoms with Crippen molar-refractivity contribution < 1.29 is 14.7 Å². The predicted molar refractivity (Wildman–Crippen MR) is 74.1 cm³/mol. The van der Waals surface area contributed by atoms with Crippen LogP contribution in [0.5, 0.6) is 0 Å². The number of benzene rings is 1. The Morgan fingerprint density at radius 1 is 1.26 bits per heavy atom. The number of hydrogen-bond donors (Lipinski definition) is 2. The zero-order valence-electron chi connectivity index (χ0n) is 11.5. The molecule has 104 valence electrons. The molecular weight excluding hydrogens is 244 g/mol. The van der Waals surface area contributed by atoms with E-state index in [1.807, 2.05) is 32.0 Å². The first-order chi connectivity index (χ1) is 8.91. The molecule has 5 nitrogen and oxygen atoms in total. The van der Waals surface area contributed by atoms with Crippen LogP contribution in [0.15, 0.2) is 30.3 Å². The second kappa shape index (κ2) is 6.78. The average molecular weight is 264 g/mol. The van der Waals surface area contributed by atoms with Crippen LogP contribution in [0.3, 0.4) is 0 Å². The van der Waals surface area contributed by atoms with Crippen LogP contribution in [-0.2, 0) is 4.79 Å². The van der Waals surface area contributed by atoms with Gasteiger partial charge in [-0.2, -0.15) is 0 Å². The number of carboxylic acid groups (broad SMARTS) is 1. The van der Waals surface area contributed by atoms with Gasteiger partial charge in [-0.05, 0) is 24.5 Å². The monoisotopic (exact) mass is 264 g/mol. The number of nitrogens with zero attached hydrogens (tertiary/aromatic N) is 1. The van der Waals surface area contributed by atoms with Crippen LogP contribution in [0.2, 0.25) is 0 Å². The molecule has 0 saturated carbocycles. The minimum absolute atomic E-state index is 0.230. The van der Waals surface area contributed by atoms with Crippen molar-refractivity contribution >= 4 is 17.7 Å². The van der Waals surface area contributed by atoms with Gasteiger partial charge in [-0.25, -0.2) is 4.79 Å². The summed E-state index contributed by atoms with van der Waals surface area (Å²) in [6, 6.07) is 8.33. The highest BCUT2D eigenvalue weighted by Crippen LogP contribution is 2.14. The lowest BCUT2D eigenvalue weighted by Gasteiger charge is -2.26. The third-order valence-corrected chi connectivity index (χ3v) is 2.81. The van der Waals surface area contributed by atoms with E-state index in [4.69, 9.17) is 5.11 Å². The van der Waals surface area contributed by atoms with Crippen molar-refractivity contribution in [2.75, 3.05) is 12.4 Å². The van der Waals surface area contributed by atoms with Crippen molar-refractivity contribution in [3.8, 4) is 0 Å². The number of carbonyl (C=O) groups is 2. The molecule has 1 rings (SSSR count). The maximum absolute atomic E-state index is 12.2. The summed E-state index contributed by atoms with van der Waals surface area (Å²) in [5, 5.41) is 11.8. The highest BCUT2D eigenvalue weighted by atomic mass is 16.4. The number of hydrogen-bond acceptors (Lipinski definition) is 2. The van der Waals surface area contributed by atoms with Crippen molar-refractivity contribution in [1.29, 1.82) is 0 Å². The average Bonchev–Trinajstić information content (AvgIpc) is 2.35. The second-order valence-corrected chi connectivity index (χ2v) is 4.89. The number of carbonyl (C=O) groups excluding carboxylic acids is 1. The van der Waals surface area contributed by atoms with Gasteiger partial charge in [-0.15, -0.1) is 0 Å². The number of para-hydroxylation sites is 1. The van der Waals surface area contributed by atoms with Gasteiger partial charge in [0.25, 0.3) is 0 Å². The molecule has 0 unspecified atom stereocenters. The largest absolute Gasteiger partial charge is 0.465 e. The van der Waals surface area contributed by atoms with Crippen molar-refractivity contribution in [1.82, 2.24) is 4.90 Å². The topological polar surface area (TPSA) is 69.6 Å². The predicted octanol–water partition coefficient (Wildman–Crippen LogP) is 2.65. The lowest BCUT2D eigenvalue weighted by atomic mass is 10.0. The summed E-state index contributed by atoms with van der Waals surface area (Å²) in [4.78, 5) is 24.3. The number of anilines is 1. The molecule has 0 aromatic heterocycles. The summed E-state index contributed by atoms with van der Waals surface area (Å²) in [6.07, 6.45) is -0.615. The first kappa shape index (κ1) is 15.0. The van der Waals surface area contributed by atoms with Crippen LogP contribution >= 0.6 is 0 Å². The van der Waals surface area contributed by atoms with E-state index in [2.05, 4.69) is 5.32 Å². The minimum Gasteiger partial charge on any atom is -0.465 e. The van der Waals surface area contributed by atoms with Crippen molar-refractivity contribution in [2.24, 2.45) is 5.92 Å². The highest BCUT2D eigenvalue weighted by Gasteiger charge is 2.27. The lowest BCUT2D eigenvalue weighted by molar-refractivity contribution is -0.120. The third kappa shape index (κ3) is 4.62. The molecule has 0 bridgehead atoms. The number of amides is 2. The Labute approximate surface area is 113 Å². The first-order valence-electron chi connectivity index (χ1n) is 6.23. The third-order valence-electron chi connectivity index (χ3n) is 2.81. The van der Waals surface area contributed by atoms with Crippen LogP contribution in [-0.4, -0.2) is 35.1 Å². The van der Waals surface area contributed by atoms with Gasteiger partial charge in [0.1, 0.15) is 6.04 Å². The lowest BCUT2D eigenvalue weighted by Crippen LogP contribution is -2.45. The van der Waals surface area contributed by atoms with Crippen molar-refractivity contribution in [3.63, 3.8) is 0 Å². The Hall–Kier alpha value is -2.04. The maximum atomic E-state index is 12.2. The van der Waals surface area contributed by atoms with E-state index in [-0.39, 0.29) is 11.8 Å². The Balaban J connectivity index is 2.79. The van der Waals surface area contributed by atoms with E-state index in [0.29, 0.717) is 12.1 Å². The molecule has 0 radical (unpaired) electrons. The Kier molecular flexibility index (Phi) is 5.36. The van der Waals surface area contributed by atoms with Crippen LogP contribution in [0, 0.1) is 5.92 Å². The Morgan fingerprint density at radius 2 is 1.84 bits per heavy atom. The standard InChI is InChI=1S/C14H20N2O3/c1-10(2)9-12(16(3)14(18)19)13(17)15-11-7-5-4-6-8-11/h4-8,10,12H,9H2,1-3H3,(H,15,17)(H,18,19)/t12-/m1/s1. The van der Waals surface area contributed by atoms with E-state index in [1.54, 1.807) is 12.1 Å². The van der Waals surface area contributed by atoms with E-state index in [1.165, 1.54) is 7.05 Å². The van der Waals surface area contributed by atoms with Gasteiger partial charge in [-0.1, -0.05) is 32.0 Å². The molecule has 2 N–H and O–H groups in total. The van der Waals surface area contributed by atoms with E-state index in [0.717, 1.165) is 4.90 Å². The smallest absolute Gasteiger partial charge is 0.407 e. The molecule has 19 heavy (non-hydrogen) atoms. The van der Waals surface area contributed by atoms with Crippen molar-refractivity contribution in [3.05, 3.63) is 30.3 Å². The fourth-order valence-corrected chi connectivity index (χ4v) is 1.77. The van der Waals surface area contributed by atoms with Gasteiger partial charge in [-0.3, -0.25) is 9.69 Å². The number of likely N-dealkylation sites (N-methyl/N-ethyl adjacent to an activating group) is 1. The summed E-state index contributed by atoms with van der Waals surface area (Å²) in [7, 11) is 1.42. The Bertz CT molecular complexity index is 432. The number of rotatable bonds is 5. The fraction of sp³-hybridized carbons (Fsp3) is 0.429. The molecule has 0 aliphatic heterocycles. The Morgan fingerprint density at radius 3 is 2.32 bits per heavy atom. The summed E-state index contributed by atoms with van der Waals surface area (Å²) in [6.45, 7) is 3.91. The molecule has 1 atom stereocenters. The molecule has 1 aromatic rings. The van der Waals surface area contributed by atoms with Crippen LogP contribution in [0.1, 0.15) is 20.3 Å². The molecule has 0 fully saturated rings. The molecule has 0 aliphatic rings. The molecule has 0 aliphatic carbocycles. The highest BCUT2D eigenvalue weighted by molar-refractivity contribution is 5.96. The quantitative estimate of drug-likeness (QED) is 0.859. The van der Waals surface area contributed by atoms with Gasteiger partial charge in [0.05, 0.1) is 0 Å². The number of nitrogens with one attached hydrogen (secondary N) is 1. The van der Waals surface area contributed by atoms with Crippen LogP contribution in [0.4, 0.5) is 10.5 Å². The van der Waals surface area contributed by atoms with E-state index in [9.17, 15) is 9.59 Å². The fourth-order valence-electron chi connectivity index (χ4n) is 1.77. The normalized spacial score (nSPS) is 12.0. The minimum atomic E-state index is -1.10.